The second-order valence-corrected chi connectivity index (χ2v) is 13.3. The maximum atomic E-state index is 14.6. The fourth-order valence-electron chi connectivity index (χ4n) is 6.24. The number of pyridine rings is 3. The number of fused-ring (bicyclic) bond motifs is 1. The van der Waals surface area contributed by atoms with Gasteiger partial charge in [0.2, 0.25) is 5.91 Å². The average molecular weight is 718 g/mol. The minimum Gasteiger partial charge on any atom is -0.504 e. The first-order chi connectivity index (χ1) is 22.2. The molecule has 0 aliphatic carbocycles. The third-order valence-electron chi connectivity index (χ3n) is 8.25. The van der Waals surface area contributed by atoms with Gasteiger partial charge in [-0.25, -0.2) is 9.37 Å². The second kappa shape index (κ2) is 13.0. The number of nitriles is 1. The van der Waals surface area contributed by atoms with Crippen LogP contribution in [-0.2, 0) is 4.79 Å². The Morgan fingerprint density at radius 2 is 1.79 bits per heavy atom. The van der Waals surface area contributed by atoms with E-state index in [9.17, 15) is 24.3 Å². The minimum absolute atomic E-state index is 0.0349. The largest absolute Gasteiger partial charge is 0.504 e. The topological polar surface area (TPSA) is 115 Å². The lowest BCUT2D eigenvalue weighted by atomic mass is 10.0. The van der Waals surface area contributed by atoms with E-state index >= 15 is 0 Å². The zero-order valence-corrected chi connectivity index (χ0v) is 29.0. The zero-order chi connectivity index (χ0) is 34.6. The molecular weight excluding hydrogens is 689 g/mol. The van der Waals surface area contributed by atoms with Crippen molar-refractivity contribution >= 4 is 69.0 Å². The molecule has 1 fully saturated rings. The van der Waals surface area contributed by atoms with Crippen LogP contribution >= 0.6 is 46.4 Å². The summed E-state index contributed by atoms with van der Waals surface area (Å²) < 4.78 is 15.9. The molecule has 0 saturated carbocycles. The Morgan fingerprint density at radius 1 is 1.15 bits per heavy atom. The quantitative estimate of drug-likeness (QED) is 0.127. The molecule has 4 aromatic rings. The van der Waals surface area contributed by atoms with E-state index in [2.05, 4.69) is 17.6 Å². The van der Waals surface area contributed by atoms with E-state index in [0.717, 1.165) is 0 Å². The number of amides is 1. The maximum absolute atomic E-state index is 14.6. The SMILES string of the molecule is C=CC(=O)N1[C@H](C)CN(c2c(C#N)c(=O)n(-c3c(C)ccnc3C(C)C)c3nc(-c4c(Cl)c(O)c(F)c(Cl)c4Cl)c(Cl)cc23)C[C@@H]1C. The molecule has 0 bridgehead atoms. The summed E-state index contributed by atoms with van der Waals surface area (Å²) in [7, 11) is 0. The van der Waals surface area contributed by atoms with Crippen LogP contribution in [0, 0.1) is 24.1 Å². The number of rotatable bonds is 5. The van der Waals surface area contributed by atoms with Crippen LogP contribution in [0.5, 0.6) is 5.75 Å². The smallest absolute Gasteiger partial charge is 0.276 e. The Bertz CT molecular complexity index is 2050. The van der Waals surface area contributed by atoms with Crippen LogP contribution in [0.4, 0.5) is 10.1 Å². The van der Waals surface area contributed by atoms with Crippen molar-refractivity contribution in [3.63, 3.8) is 0 Å². The standard InChI is InChI=1S/C33H29Cl4FN6O3/c1-7-21(45)43-16(5)12-42(13-17(43)6)30-18-10-20(34)28(22-23(35)25(37)26(38)31(46)24(22)36)41-32(18)44(33(47)19(30)11-39)29-15(4)8-9-40-27(29)14(2)3/h7-10,14,16-17,46H,1,12-13H2,2-6H3/t16-,17+. The number of anilines is 1. The van der Waals surface area contributed by atoms with Gasteiger partial charge in [-0.05, 0) is 50.5 Å². The van der Waals surface area contributed by atoms with Gasteiger partial charge in [-0.1, -0.05) is 66.8 Å². The molecule has 2 atom stereocenters. The third-order valence-corrected chi connectivity index (χ3v) is 9.74. The molecule has 9 nitrogen and oxygen atoms in total. The lowest BCUT2D eigenvalue weighted by Gasteiger charge is -2.45. The maximum Gasteiger partial charge on any atom is 0.276 e. The molecule has 3 aromatic heterocycles. The molecule has 0 radical (unpaired) electrons. The van der Waals surface area contributed by atoms with E-state index in [1.165, 1.54) is 16.7 Å². The molecule has 1 saturated heterocycles. The zero-order valence-electron chi connectivity index (χ0n) is 26.0. The van der Waals surface area contributed by atoms with Crippen LogP contribution < -0.4 is 10.5 Å². The van der Waals surface area contributed by atoms with Gasteiger partial charge in [0, 0.05) is 42.3 Å². The summed E-state index contributed by atoms with van der Waals surface area (Å²) >= 11 is 25.8. The number of carbonyl (C=O) groups is 1. The number of nitrogens with zero attached hydrogens (tertiary/aromatic N) is 6. The highest BCUT2D eigenvalue weighted by Gasteiger charge is 2.36. The number of aromatic hydroxyl groups is 1. The number of hydrogen-bond acceptors (Lipinski definition) is 7. The molecule has 14 heteroatoms. The fourth-order valence-corrected chi connectivity index (χ4v) is 7.25. The summed E-state index contributed by atoms with van der Waals surface area (Å²) in [6.45, 7) is 13.5. The number of halogens is 5. The molecule has 47 heavy (non-hydrogen) atoms. The molecule has 1 aliphatic rings. The number of phenols is 1. The van der Waals surface area contributed by atoms with Crippen molar-refractivity contribution in [3.05, 3.63) is 84.1 Å². The number of carbonyl (C=O) groups excluding carboxylic acids is 1. The number of benzene rings is 1. The van der Waals surface area contributed by atoms with E-state index in [-0.39, 0.29) is 75.2 Å². The van der Waals surface area contributed by atoms with E-state index < -0.39 is 27.2 Å². The number of aryl methyl sites for hydroxylation is 1. The normalized spacial score (nSPS) is 16.6. The van der Waals surface area contributed by atoms with Gasteiger partial charge in [0.25, 0.3) is 5.56 Å². The van der Waals surface area contributed by atoms with Gasteiger partial charge in [0.15, 0.2) is 11.6 Å². The molecule has 5 rings (SSSR count). The Labute approximate surface area is 290 Å². The lowest BCUT2D eigenvalue weighted by Crippen LogP contribution is -2.58. The van der Waals surface area contributed by atoms with Crippen molar-refractivity contribution in [2.24, 2.45) is 0 Å². The molecule has 0 spiro atoms. The molecule has 4 heterocycles. The van der Waals surface area contributed by atoms with Gasteiger partial charge in [-0.2, -0.15) is 5.26 Å². The number of phenolic OH excluding ortho intramolecular Hbond substituents is 1. The van der Waals surface area contributed by atoms with E-state index in [1.807, 2.05) is 39.5 Å². The highest BCUT2D eigenvalue weighted by Crippen LogP contribution is 2.48. The van der Waals surface area contributed by atoms with Gasteiger partial charge in [-0.3, -0.25) is 19.1 Å². The summed E-state index contributed by atoms with van der Waals surface area (Å²) in [6, 6.07) is 4.74. The summed E-state index contributed by atoms with van der Waals surface area (Å²) in [5.74, 6) is -2.54. The van der Waals surface area contributed by atoms with E-state index in [4.69, 9.17) is 51.4 Å². The third kappa shape index (κ3) is 5.59. The molecule has 1 N–H and O–H groups in total. The monoisotopic (exact) mass is 716 g/mol. The van der Waals surface area contributed by atoms with Crippen molar-refractivity contribution in [1.82, 2.24) is 19.4 Å². The predicted octanol–water partition coefficient (Wildman–Crippen LogP) is 7.82. The van der Waals surface area contributed by atoms with Gasteiger partial charge < -0.3 is 14.9 Å². The predicted molar refractivity (Wildman–Crippen MR) is 184 cm³/mol. The Kier molecular flexibility index (Phi) is 9.50. The first kappa shape index (κ1) is 34.5. The van der Waals surface area contributed by atoms with Crippen molar-refractivity contribution in [2.45, 2.75) is 52.6 Å². The molecule has 1 aromatic carbocycles. The van der Waals surface area contributed by atoms with Crippen LogP contribution in [-0.4, -0.2) is 55.6 Å². The lowest BCUT2D eigenvalue weighted by molar-refractivity contribution is -0.130. The highest BCUT2D eigenvalue weighted by atomic mass is 35.5. The van der Waals surface area contributed by atoms with Crippen LogP contribution in [0.2, 0.25) is 20.1 Å². The average Bonchev–Trinajstić information content (AvgIpc) is 3.02. The van der Waals surface area contributed by atoms with Crippen molar-refractivity contribution in [1.29, 1.82) is 5.26 Å². The molecule has 1 aliphatic heterocycles. The van der Waals surface area contributed by atoms with Crippen LogP contribution in [0.3, 0.4) is 0 Å². The summed E-state index contributed by atoms with van der Waals surface area (Å²) in [5, 5.41) is 19.8. The summed E-state index contributed by atoms with van der Waals surface area (Å²) in [6.07, 6.45) is 2.88. The molecule has 1 amide bonds. The molecule has 244 valence electrons. The molecule has 0 unspecified atom stereocenters. The Morgan fingerprint density at radius 3 is 2.36 bits per heavy atom. The van der Waals surface area contributed by atoms with Gasteiger partial charge in [0.1, 0.15) is 17.3 Å². The van der Waals surface area contributed by atoms with Gasteiger partial charge in [-0.15, -0.1) is 0 Å². The van der Waals surface area contributed by atoms with Gasteiger partial charge in [0.05, 0.1) is 42.9 Å². The van der Waals surface area contributed by atoms with Crippen LogP contribution in [0.15, 0.2) is 35.8 Å². The van der Waals surface area contributed by atoms with Gasteiger partial charge >= 0.3 is 0 Å². The summed E-state index contributed by atoms with van der Waals surface area (Å²) in [5.41, 5.74) is 0.933. The van der Waals surface area contributed by atoms with Crippen molar-refractivity contribution in [2.75, 3.05) is 18.0 Å². The van der Waals surface area contributed by atoms with Crippen LogP contribution in [0.25, 0.3) is 28.0 Å². The Hall–Kier alpha value is -3.88. The Balaban J connectivity index is 1.95. The number of hydrogen-bond donors (Lipinski definition) is 1. The second-order valence-electron chi connectivity index (χ2n) is 11.7. The first-order valence-corrected chi connectivity index (χ1v) is 16.1. The van der Waals surface area contributed by atoms with E-state index in [0.29, 0.717) is 22.3 Å². The molecular formula is C33H29Cl4FN6O3. The number of piperazine rings is 1. The minimum atomic E-state index is -1.22. The first-order valence-electron chi connectivity index (χ1n) is 14.6. The summed E-state index contributed by atoms with van der Waals surface area (Å²) in [4.78, 5) is 40.2. The number of aromatic nitrogens is 3. The van der Waals surface area contributed by atoms with Crippen molar-refractivity contribution < 1.29 is 14.3 Å². The van der Waals surface area contributed by atoms with E-state index in [1.54, 1.807) is 17.2 Å². The highest BCUT2D eigenvalue weighted by molar-refractivity contribution is 6.47. The fraction of sp³-hybridized carbons (Fsp3) is 0.303. The van der Waals surface area contributed by atoms with Crippen molar-refractivity contribution in [3.8, 4) is 28.8 Å². The van der Waals surface area contributed by atoms with Crippen LogP contribution in [0.1, 0.15) is 50.4 Å².